The predicted octanol–water partition coefficient (Wildman–Crippen LogP) is 3.01. The average Bonchev–Trinajstić information content (AvgIpc) is 2.33. The molecule has 1 aromatic carbocycles. The standard InChI is InChI=1S/C14H20O3/c1-4-9-17-14-10-12(6-5-11(2)15)7-8-13(14)16-3/h7-8,10H,4-6,9H2,1-3H3. The van der Waals surface area contributed by atoms with E-state index in [9.17, 15) is 4.79 Å². The molecule has 0 aliphatic rings. The molecule has 0 spiro atoms. The number of carbonyl (C=O) groups excluding carboxylic acids is 1. The number of ketones is 1. The average molecular weight is 236 g/mol. The fourth-order valence-electron chi connectivity index (χ4n) is 1.52. The summed E-state index contributed by atoms with van der Waals surface area (Å²) in [7, 11) is 1.63. The molecular weight excluding hydrogens is 216 g/mol. The monoisotopic (exact) mass is 236 g/mol. The summed E-state index contributed by atoms with van der Waals surface area (Å²) in [4.78, 5) is 10.9. The third-order valence-corrected chi connectivity index (χ3v) is 2.46. The molecule has 0 aliphatic heterocycles. The maximum Gasteiger partial charge on any atom is 0.161 e. The van der Waals surface area contributed by atoms with Gasteiger partial charge in [0, 0.05) is 6.42 Å². The van der Waals surface area contributed by atoms with Crippen molar-refractivity contribution in [2.24, 2.45) is 0 Å². The van der Waals surface area contributed by atoms with Crippen LogP contribution in [-0.2, 0) is 11.2 Å². The first-order valence-corrected chi connectivity index (χ1v) is 5.96. The Morgan fingerprint density at radius 1 is 1.29 bits per heavy atom. The number of Topliss-reactive ketones (excluding diaryl/α,β-unsaturated/α-hetero) is 1. The molecule has 0 aliphatic carbocycles. The zero-order valence-electron chi connectivity index (χ0n) is 10.8. The van der Waals surface area contributed by atoms with Gasteiger partial charge in [0.15, 0.2) is 11.5 Å². The number of hydrogen-bond acceptors (Lipinski definition) is 3. The molecule has 3 nitrogen and oxygen atoms in total. The van der Waals surface area contributed by atoms with Gasteiger partial charge < -0.3 is 14.3 Å². The zero-order valence-corrected chi connectivity index (χ0v) is 10.8. The van der Waals surface area contributed by atoms with Gasteiger partial charge in [-0.1, -0.05) is 13.0 Å². The van der Waals surface area contributed by atoms with Crippen LogP contribution < -0.4 is 9.47 Å². The molecule has 0 bridgehead atoms. The van der Waals surface area contributed by atoms with Crippen LogP contribution in [0.25, 0.3) is 0 Å². The van der Waals surface area contributed by atoms with Crippen LogP contribution in [0.5, 0.6) is 11.5 Å². The Bertz CT molecular complexity index is 372. The lowest BCUT2D eigenvalue weighted by Crippen LogP contribution is -2.00. The second kappa shape index (κ2) is 6.94. The van der Waals surface area contributed by atoms with Gasteiger partial charge in [-0.15, -0.1) is 0 Å². The maximum absolute atomic E-state index is 10.9. The number of hydrogen-bond donors (Lipinski definition) is 0. The van der Waals surface area contributed by atoms with Crippen LogP contribution in [0, 0.1) is 0 Å². The van der Waals surface area contributed by atoms with E-state index in [2.05, 4.69) is 6.92 Å². The van der Waals surface area contributed by atoms with E-state index in [-0.39, 0.29) is 5.78 Å². The zero-order chi connectivity index (χ0) is 12.7. The van der Waals surface area contributed by atoms with Crippen molar-refractivity contribution >= 4 is 5.78 Å². The fourth-order valence-corrected chi connectivity index (χ4v) is 1.52. The van der Waals surface area contributed by atoms with E-state index in [1.807, 2.05) is 18.2 Å². The van der Waals surface area contributed by atoms with Crippen molar-refractivity contribution in [3.8, 4) is 11.5 Å². The summed E-state index contributed by atoms with van der Waals surface area (Å²) in [5, 5.41) is 0. The predicted molar refractivity (Wildman–Crippen MR) is 67.8 cm³/mol. The number of ether oxygens (including phenoxy) is 2. The molecular formula is C14H20O3. The van der Waals surface area contributed by atoms with E-state index in [0.29, 0.717) is 13.0 Å². The highest BCUT2D eigenvalue weighted by Gasteiger charge is 2.06. The smallest absolute Gasteiger partial charge is 0.161 e. The minimum Gasteiger partial charge on any atom is -0.493 e. The maximum atomic E-state index is 10.9. The number of benzene rings is 1. The molecule has 0 unspecified atom stereocenters. The Morgan fingerprint density at radius 2 is 2.06 bits per heavy atom. The van der Waals surface area contributed by atoms with E-state index in [0.717, 1.165) is 29.9 Å². The third kappa shape index (κ3) is 4.47. The normalized spacial score (nSPS) is 10.1. The quantitative estimate of drug-likeness (QED) is 0.730. The molecule has 1 rings (SSSR count). The number of aryl methyl sites for hydroxylation is 1. The lowest BCUT2D eigenvalue weighted by Gasteiger charge is -2.11. The van der Waals surface area contributed by atoms with Crippen molar-refractivity contribution in [2.45, 2.75) is 33.1 Å². The number of carbonyl (C=O) groups is 1. The Kier molecular flexibility index (Phi) is 5.53. The van der Waals surface area contributed by atoms with Crippen molar-refractivity contribution in [3.05, 3.63) is 23.8 Å². The molecule has 94 valence electrons. The molecule has 0 saturated carbocycles. The number of methoxy groups -OCH3 is 1. The van der Waals surface area contributed by atoms with Crippen molar-refractivity contribution in [1.29, 1.82) is 0 Å². The molecule has 0 radical (unpaired) electrons. The summed E-state index contributed by atoms with van der Waals surface area (Å²) >= 11 is 0. The van der Waals surface area contributed by atoms with E-state index in [4.69, 9.17) is 9.47 Å². The SMILES string of the molecule is CCCOc1cc(CCC(C)=O)ccc1OC. The van der Waals surface area contributed by atoms with Crippen LogP contribution in [0.2, 0.25) is 0 Å². The van der Waals surface area contributed by atoms with E-state index in [1.54, 1.807) is 14.0 Å². The molecule has 17 heavy (non-hydrogen) atoms. The van der Waals surface area contributed by atoms with Gasteiger partial charge >= 0.3 is 0 Å². The van der Waals surface area contributed by atoms with Gasteiger partial charge in [-0.25, -0.2) is 0 Å². The summed E-state index contributed by atoms with van der Waals surface area (Å²) < 4.78 is 10.8. The summed E-state index contributed by atoms with van der Waals surface area (Å²) in [5.74, 6) is 1.71. The Balaban J connectivity index is 2.76. The first-order chi connectivity index (χ1) is 8.17. The van der Waals surface area contributed by atoms with Crippen LogP contribution in [0.4, 0.5) is 0 Å². The topological polar surface area (TPSA) is 35.5 Å². The summed E-state index contributed by atoms with van der Waals surface area (Å²) in [6.07, 6.45) is 2.28. The highest BCUT2D eigenvalue weighted by Crippen LogP contribution is 2.28. The van der Waals surface area contributed by atoms with Crippen LogP contribution in [0.1, 0.15) is 32.3 Å². The van der Waals surface area contributed by atoms with Gasteiger partial charge in [-0.3, -0.25) is 0 Å². The summed E-state index contributed by atoms with van der Waals surface area (Å²) in [5.41, 5.74) is 1.10. The van der Waals surface area contributed by atoms with Gasteiger partial charge in [-0.05, 0) is 37.5 Å². The van der Waals surface area contributed by atoms with Gasteiger partial charge in [0.05, 0.1) is 13.7 Å². The van der Waals surface area contributed by atoms with E-state index in [1.165, 1.54) is 0 Å². The molecule has 0 fully saturated rings. The minimum absolute atomic E-state index is 0.205. The minimum atomic E-state index is 0.205. The van der Waals surface area contributed by atoms with Crippen molar-refractivity contribution < 1.29 is 14.3 Å². The second-order valence-electron chi connectivity index (χ2n) is 4.04. The van der Waals surface area contributed by atoms with Crippen molar-refractivity contribution in [2.75, 3.05) is 13.7 Å². The van der Waals surface area contributed by atoms with Crippen molar-refractivity contribution in [3.63, 3.8) is 0 Å². The Hall–Kier alpha value is -1.51. The van der Waals surface area contributed by atoms with Crippen LogP contribution in [-0.4, -0.2) is 19.5 Å². The van der Waals surface area contributed by atoms with Gasteiger partial charge in [0.1, 0.15) is 5.78 Å². The van der Waals surface area contributed by atoms with Crippen LogP contribution >= 0.6 is 0 Å². The molecule has 0 saturated heterocycles. The molecule has 0 amide bonds. The summed E-state index contributed by atoms with van der Waals surface area (Å²) in [6, 6.07) is 5.82. The largest absolute Gasteiger partial charge is 0.493 e. The van der Waals surface area contributed by atoms with Crippen molar-refractivity contribution in [1.82, 2.24) is 0 Å². The van der Waals surface area contributed by atoms with Gasteiger partial charge in [0.25, 0.3) is 0 Å². The van der Waals surface area contributed by atoms with Crippen LogP contribution in [0.15, 0.2) is 18.2 Å². The van der Waals surface area contributed by atoms with E-state index < -0.39 is 0 Å². The Morgan fingerprint density at radius 3 is 2.65 bits per heavy atom. The van der Waals surface area contributed by atoms with Gasteiger partial charge in [0.2, 0.25) is 0 Å². The highest BCUT2D eigenvalue weighted by atomic mass is 16.5. The fraction of sp³-hybridized carbons (Fsp3) is 0.500. The molecule has 0 atom stereocenters. The second-order valence-corrected chi connectivity index (χ2v) is 4.04. The molecule has 0 aromatic heterocycles. The molecule has 0 heterocycles. The lowest BCUT2D eigenvalue weighted by molar-refractivity contribution is -0.116. The van der Waals surface area contributed by atoms with E-state index >= 15 is 0 Å². The Labute approximate surface area is 103 Å². The molecule has 0 N–H and O–H groups in total. The highest BCUT2D eigenvalue weighted by molar-refractivity contribution is 5.75. The van der Waals surface area contributed by atoms with Gasteiger partial charge in [-0.2, -0.15) is 0 Å². The number of rotatable bonds is 7. The van der Waals surface area contributed by atoms with Crippen LogP contribution in [0.3, 0.4) is 0 Å². The summed E-state index contributed by atoms with van der Waals surface area (Å²) in [6.45, 7) is 4.34. The first kappa shape index (κ1) is 13.6. The third-order valence-electron chi connectivity index (χ3n) is 2.46. The molecule has 1 aromatic rings. The molecule has 3 heteroatoms. The first-order valence-electron chi connectivity index (χ1n) is 5.96. The lowest BCUT2D eigenvalue weighted by atomic mass is 10.1.